The molecule has 0 bridgehead atoms. The van der Waals surface area contributed by atoms with Gasteiger partial charge in [-0.3, -0.25) is 0 Å². The molecule has 0 atom stereocenters. The van der Waals surface area contributed by atoms with Gasteiger partial charge >= 0.3 is 5.97 Å². The van der Waals surface area contributed by atoms with Crippen molar-refractivity contribution in [3.05, 3.63) is 71.6 Å². The molecule has 0 aliphatic heterocycles. The minimum absolute atomic E-state index is 0.0752. The van der Waals surface area contributed by atoms with Gasteiger partial charge in [-0.15, -0.1) is 0 Å². The van der Waals surface area contributed by atoms with Crippen LogP contribution in [-0.4, -0.2) is 24.2 Å². The molecular weight excluding hydrogens is 332 g/mol. The van der Waals surface area contributed by atoms with E-state index in [1.54, 1.807) is 31.2 Å². The van der Waals surface area contributed by atoms with Crippen LogP contribution in [0.15, 0.2) is 59.0 Å². The molecule has 0 aliphatic carbocycles. The Hall–Kier alpha value is -3.59. The predicted octanol–water partition coefficient (Wildman–Crippen LogP) is 3.76. The van der Waals surface area contributed by atoms with Gasteiger partial charge in [0, 0.05) is 5.56 Å². The van der Waals surface area contributed by atoms with Crippen molar-refractivity contribution >= 4 is 5.97 Å². The van der Waals surface area contributed by atoms with E-state index in [9.17, 15) is 4.79 Å². The van der Waals surface area contributed by atoms with Crippen molar-refractivity contribution in [2.45, 2.75) is 6.92 Å². The second-order valence-electron chi connectivity index (χ2n) is 5.41. The molecule has 1 heterocycles. The van der Waals surface area contributed by atoms with Crippen LogP contribution in [0.5, 0.6) is 5.75 Å². The van der Waals surface area contributed by atoms with Crippen LogP contribution in [-0.2, 0) is 4.74 Å². The van der Waals surface area contributed by atoms with Crippen LogP contribution >= 0.6 is 0 Å². The molecule has 0 aliphatic rings. The van der Waals surface area contributed by atoms with E-state index in [1.165, 1.54) is 0 Å². The number of rotatable bonds is 6. The number of hydrogen-bond acceptors (Lipinski definition) is 6. The Labute approximate surface area is 150 Å². The second-order valence-corrected chi connectivity index (χ2v) is 5.41. The van der Waals surface area contributed by atoms with E-state index in [0.717, 1.165) is 5.56 Å². The van der Waals surface area contributed by atoms with Gasteiger partial charge in [-0.1, -0.05) is 18.2 Å². The van der Waals surface area contributed by atoms with Gasteiger partial charge < -0.3 is 13.9 Å². The van der Waals surface area contributed by atoms with E-state index in [1.807, 2.05) is 36.4 Å². The number of aryl methyl sites for hydroxylation is 1. The summed E-state index contributed by atoms with van der Waals surface area (Å²) >= 11 is 0. The number of esters is 1. The number of benzene rings is 2. The zero-order valence-electron chi connectivity index (χ0n) is 14.1. The summed E-state index contributed by atoms with van der Waals surface area (Å²) < 4.78 is 16.2. The number of oxazole rings is 1. The molecule has 2 aromatic carbocycles. The summed E-state index contributed by atoms with van der Waals surface area (Å²) in [5.41, 5.74) is 1.50. The highest BCUT2D eigenvalue weighted by molar-refractivity contribution is 5.88. The van der Waals surface area contributed by atoms with Crippen LogP contribution in [0, 0.1) is 18.3 Å². The van der Waals surface area contributed by atoms with Crippen LogP contribution in [0.3, 0.4) is 0 Å². The van der Waals surface area contributed by atoms with Crippen molar-refractivity contribution < 1.29 is 18.7 Å². The van der Waals surface area contributed by atoms with Crippen LogP contribution < -0.4 is 4.74 Å². The summed E-state index contributed by atoms with van der Waals surface area (Å²) in [5.74, 6) is 0.826. The smallest absolute Gasteiger partial charge is 0.360 e. The lowest BCUT2D eigenvalue weighted by Gasteiger charge is -2.06. The largest absolute Gasteiger partial charge is 0.490 e. The molecule has 0 saturated carbocycles. The number of nitriles is 1. The first-order valence-corrected chi connectivity index (χ1v) is 8.00. The van der Waals surface area contributed by atoms with Crippen molar-refractivity contribution in [2.75, 3.05) is 13.2 Å². The third-order valence-corrected chi connectivity index (χ3v) is 3.58. The average Bonchev–Trinajstić information content (AvgIpc) is 3.08. The summed E-state index contributed by atoms with van der Waals surface area (Å²) in [6.07, 6.45) is 0. The SMILES string of the molecule is Cc1oc(-c2ccccc2)nc1C(=O)OCCOc1ccc(C#N)cc1. The molecule has 0 radical (unpaired) electrons. The molecule has 6 heteroatoms. The van der Waals surface area contributed by atoms with E-state index in [0.29, 0.717) is 23.0 Å². The topological polar surface area (TPSA) is 85.3 Å². The van der Waals surface area contributed by atoms with Gasteiger partial charge in [-0.25, -0.2) is 9.78 Å². The quantitative estimate of drug-likeness (QED) is 0.498. The lowest BCUT2D eigenvalue weighted by Crippen LogP contribution is -2.13. The molecule has 0 unspecified atom stereocenters. The molecule has 26 heavy (non-hydrogen) atoms. The minimum Gasteiger partial charge on any atom is -0.490 e. The van der Waals surface area contributed by atoms with Crippen molar-refractivity contribution in [1.29, 1.82) is 5.26 Å². The first kappa shape index (κ1) is 17.2. The molecular formula is C20H16N2O4. The third-order valence-electron chi connectivity index (χ3n) is 3.58. The number of ether oxygens (including phenoxy) is 2. The zero-order valence-corrected chi connectivity index (χ0v) is 14.1. The Kier molecular flexibility index (Phi) is 5.30. The van der Waals surface area contributed by atoms with Crippen LogP contribution in [0.2, 0.25) is 0 Å². The summed E-state index contributed by atoms with van der Waals surface area (Å²) in [7, 11) is 0. The predicted molar refractivity (Wildman–Crippen MR) is 93.6 cm³/mol. The normalized spacial score (nSPS) is 10.2. The van der Waals surface area contributed by atoms with E-state index >= 15 is 0 Å². The Bertz CT molecular complexity index is 925. The second kappa shape index (κ2) is 7.99. The fourth-order valence-corrected chi connectivity index (χ4v) is 2.28. The zero-order chi connectivity index (χ0) is 18.4. The summed E-state index contributed by atoms with van der Waals surface area (Å²) in [4.78, 5) is 16.4. The molecule has 3 aromatic rings. The maximum absolute atomic E-state index is 12.2. The highest BCUT2D eigenvalue weighted by Gasteiger charge is 2.19. The first-order chi connectivity index (χ1) is 12.7. The van der Waals surface area contributed by atoms with Gasteiger partial charge in [0.2, 0.25) is 5.89 Å². The van der Waals surface area contributed by atoms with Gasteiger partial charge in [0.15, 0.2) is 5.69 Å². The van der Waals surface area contributed by atoms with E-state index < -0.39 is 5.97 Å². The van der Waals surface area contributed by atoms with Crippen LogP contribution in [0.25, 0.3) is 11.5 Å². The third kappa shape index (κ3) is 4.08. The Morgan fingerprint density at radius 2 is 1.85 bits per heavy atom. The van der Waals surface area contributed by atoms with Gasteiger partial charge in [0.1, 0.15) is 24.7 Å². The van der Waals surface area contributed by atoms with E-state index in [4.69, 9.17) is 19.2 Å². The molecule has 0 saturated heterocycles. The van der Waals surface area contributed by atoms with Crippen molar-refractivity contribution in [3.8, 4) is 23.3 Å². The summed E-state index contributed by atoms with van der Waals surface area (Å²) in [5, 5.41) is 8.75. The fourth-order valence-electron chi connectivity index (χ4n) is 2.28. The molecule has 0 fully saturated rings. The van der Waals surface area contributed by atoms with Gasteiger partial charge in [-0.2, -0.15) is 5.26 Å². The van der Waals surface area contributed by atoms with E-state index in [2.05, 4.69) is 4.98 Å². The first-order valence-electron chi connectivity index (χ1n) is 8.00. The van der Waals surface area contributed by atoms with Gasteiger partial charge in [0.05, 0.1) is 11.6 Å². The number of nitrogens with zero attached hydrogens (tertiary/aromatic N) is 2. The summed E-state index contributed by atoms with van der Waals surface area (Å²) in [6, 6.07) is 18.1. The summed E-state index contributed by atoms with van der Waals surface area (Å²) in [6.45, 7) is 1.94. The van der Waals surface area contributed by atoms with Crippen molar-refractivity contribution in [1.82, 2.24) is 4.98 Å². The standard InChI is InChI=1S/C20H16N2O4/c1-14-18(22-19(26-14)16-5-3-2-4-6-16)20(23)25-12-11-24-17-9-7-15(13-21)8-10-17/h2-10H,11-12H2,1H3. The molecule has 1 aromatic heterocycles. The highest BCUT2D eigenvalue weighted by Crippen LogP contribution is 2.21. The lowest BCUT2D eigenvalue weighted by atomic mass is 10.2. The molecule has 6 nitrogen and oxygen atoms in total. The number of aromatic nitrogens is 1. The van der Waals surface area contributed by atoms with Crippen molar-refractivity contribution in [2.24, 2.45) is 0 Å². The molecule has 0 N–H and O–H groups in total. The van der Waals surface area contributed by atoms with Crippen molar-refractivity contribution in [3.63, 3.8) is 0 Å². The molecule has 3 rings (SSSR count). The van der Waals surface area contributed by atoms with Gasteiger partial charge in [0.25, 0.3) is 0 Å². The fraction of sp³-hybridized carbons (Fsp3) is 0.150. The van der Waals surface area contributed by atoms with Crippen LogP contribution in [0.1, 0.15) is 21.8 Å². The van der Waals surface area contributed by atoms with Gasteiger partial charge in [-0.05, 0) is 43.3 Å². The maximum atomic E-state index is 12.2. The Morgan fingerprint density at radius 3 is 2.54 bits per heavy atom. The monoisotopic (exact) mass is 348 g/mol. The minimum atomic E-state index is -0.558. The Morgan fingerprint density at radius 1 is 1.12 bits per heavy atom. The maximum Gasteiger partial charge on any atom is 0.360 e. The number of hydrogen-bond donors (Lipinski definition) is 0. The highest BCUT2D eigenvalue weighted by atomic mass is 16.6. The number of carbonyl (C=O) groups excluding carboxylic acids is 1. The number of carbonyl (C=O) groups is 1. The Balaban J connectivity index is 1.53. The molecule has 0 amide bonds. The average molecular weight is 348 g/mol. The lowest BCUT2D eigenvalue weighted by molar-refractivity contribution is 0.0442. The molecule has 0 spiro atoms. The molecule has 130 valence electrons. The van der Waals surface area contributed by atoms with E-state index in [-0.39, 0.29) is 18.9 Å². The van der Waals surface area contributed by atoms with Crippen LogP contribution in [0.4, 0.5) is 0 Å².